The fourth-order valence-electron chi connectivity index (χ4n) is 2.45. The van der Waals surface area contributed by atoms with E-state index in [0.717, 1.165) is 6.42 Å². The third kappa shape index (κ3) is 1.30. The molecule has 68 valence electrons. The van der Waals surface area contributed by atoms with Crippen LogP contribution in [-0.2, 0) is 4.79 Å². The summed E-state index contributed by atoms with van der Waals surface area (Å²) in [6.07, 6.45) is 6.05. The number of rotatable bonds is 2. The predicted molar refractivity (Wildman–Crippen MR) is 48.9 cm³/mol. The molecule has 0 aromatic rings. The van der Waals surface area contributed by atoms with Crippen LogP contribution in [0.1, 0.15) is 46.0 Å². The Morgan fingerprint density at radius 2 is 1.75 bits per heavy atom. The Bertz CT molecular complexity index is 192. The standard InChI is InChI=1S/C11H18O/c1-11(2)7-9(11)10(12)8-5-3-4-6-8/h8-9H,3-7H2,1-2H3. The first kappa shape index (κ1) is 8.28. The van der Waals surface area contributed by atoms with Crippen molar-refractivity contribution in [3.05, 3.63) is 0 Å². The second-order valence-corrected chi connectivity index (χ2v) is 5.13. The zero-order valence-corrected chi connectivity index (χ0v) is 8.10. The number of hydrogen-bond donors (Lipinski definition) is 0. The van der Waals surface area contributed by atoms with Crippen LogP contribution in [0.15, 0.2) is 0 Å². The Labute approximate surface area is 74.5 Å². The van der Waals surface area contributed by atoms with Crippen molar-refractivity contribution in [1.29, 1.82) is 0 Å². The second-order valence-electron chi connectivity index (χ2n) is 5.13. The van der Waals surface area contributed by atoms with Gasteiger partial charge in [0.05, 0.1) is 0 Å². The molecule has 0 heterocycles. The molecule has 0 radical (unpaired) electrons. The molecule has 0 N–H and O–H groups in total. The average molecular weight is 166 g/mol. The van der Waals surface area contributed by atoms with Gasteiger partial charge >= 0.3 is 0 Å². The van der Waals surface area contributed by atoms with Crippen molar-refractivity contribution < 1.29 is 4.79 Å². The zero-order valence-electron chi connectivity index (χ0n) is 8.10. The molecule has 1 heteroatoms. The highest BCUT2D eigenvalue weighted by atomic mass is 16.1. The molecular weight excluding hydrogens is 148 g/mol. The minimum atomic E-state index is 0.347. The molecule has 0 spiro atoms. The van der Waals surface area contributed by atoms with Crippen molar-refractivity contribution in [1.82, 2.24) is 0 Å². The first-order valence-corrected chi connectivity index (χ1v) is 5.15. The van der Waals surface area contributed by atoms with Crippen molar-refractivity contribution in [2.45, 2.75) is 46.0 Å². The predicted octanol–water partition coefficient (Wildman–Crippen LogP) is 2.79. The Kier molecular flexibility index (Phi) is 1.78. The third-order valence-electron chi connectivity index (χ3n) is 3.61. The van der Waals surface area contributed by atoms with Gasteiger partial charge in [0, 0.05) is 11.8 Å². The summed E-state index contributed by atoms with van der Waals surface area (Å²) in [7, 11) is 0. The molecule has 1 atom stereocenters. The molecule has 2 fully saturated rings. The van der Waals surface area contributed by atoms with Crippen LogP contribution in [0.4, 0.5) is 0 Å². The van der Waals surface area contributed by atoms with Crippen LogP contribution in [0.5, 0.6) is 0 Å². The SMILES string of the molecule is CC1(C)CC1C(=O)C1CCCC1. The van der Waals surface area contributed by atoms with E-state index in [9.17, 15) is 4.79 Å². The van der Waals surface area contributed by atoms with Crippen molar-refractivity contribution in [3.8, 4) is 0 Å². The number of carbonyl (C=O) groups excluding carboxylic acids is 1. The average Bonchev–Trinajstić information content (AvgIpc) is 2.56. The Morgan fingerprint density at radius 1 is 1.25 bits per heavy atom. The highest BCUT2D eigenvalue weighted by Crippen LogP contribution is 2.54. The molecule has 12 heavy (non-hydrogen) atoms. The number of ketones is 1. The lowest BCUT2D eigenvalue weighted by Crippen LogP contribution is -2.15. The monoisotopic (exact) mass is 166 g/mol. The van der Waals surface area contributed by atoms with Crippen LogP contribution in [-0.4, -0.2) is 5.78 Å². The first-order chi connectivity index (χ1) is 5.61. The van der Waals surface area contributed by atoms with E-state index < -0.39 is 0 Å². The molecule has 1 unspecified atom stereocenters. The summed E-state index contributed by atoms with van der Waals surface area (Å²) < 4.78 is 0. The fraction of sp³-hybridized carbons (Fsp3) is 0.909. The van der Waals surface area contributed by atoms with E-state index in [4.69, 9.17) is 0 Å². The summed E-state index contributed by atoms with van der Waals surface area (Å²) in [6, 6.07) is 0. The van der Waals surface area contributed by atoms with Crippen LogP contribution < -0.4 is 0 Å². The summed E-state index contributed by atoms with van der Waals surface area (Å²) in [5.41, 5.74) is 0.347. The fourth-order valence-corrected chi connectivity index (χ4v) is 2.45. The van der Waals surface area contributed by atoms with E-state index in [-0.39, 0.29) is 0 Å². The first-order valence-electron chi connectivity index (χ1n) is 5.15. The van der Waals surface area contributed by atoms with Gasteiger partial charge in [0.2, 0.25) is 0 Å². The normalized spacial score (nSPS) is 33.7. The summed E-state index contributed by atoms with van der Waals surface area (Å²) in [6.45, 7) is 4.43. The third-order valence-corrected chi connectivity index (χ3v) is 3.61. The van der Waals surface area contributed by atoms with Crippen molar-refractivity contribution in [3.63, 3.8) is 0 Å². The van der Waals surface area contributed by atoms with Crippen LogP contribution >= 0.6 is 0 Å². The van der Waals surface area contributed by atoms with Crippen LogP contribution in [0.3, 0.4) is 0 Å². The Balaban J connectivity index is 1.93. The molecule has 2 saturated carbocycles. The van der Waals surface area contributed by atoms with E-state index >= 15 is 0 Å². The van der Waals surface area contributed by atoms with Gasteiger partial charge in [0.1, 0.15) is 5.78 Å². The maximum atomic E-state index is 11.8. The number of Topliss-reactive ketones (excluding diaryl/α,β-unsaturated/α-hetero) is 1. The summed E-state index contributed by atoms with van der Waals surface area (Å²) in [5, 5.41) is 0. The van der Waals surface area contributed by atoms with Gasteiger partial charge in [0.15, 0.2) is 0 Å². The zero-order chi connectivity index (χ0) is 8.77. The molecule has 0 amide bonds. The molecule has 0 aromatic heterocycles. The van der Waals surface area contributed by atoms with E-state index in [1.807, 2.05) is 0 Å². The summed E-state index contributed by atoms with van der Waals surface area (Å²) in [4.78, 5) is 11.8. The van der Waals surface area contributed by atoms with E-state index in [1.165, 1.54) is 25.7 Å². The molecule has 0 aliphatic heterocycles. The topological polar surface area (TPSA) is 17.1 Å². The molecule has 1 nitrogen and oxygen atoms in total. The smallest absolute Gasteiger partial charge is 0.139 e. The van der Waals surface area contributed by atoms with Crippen LogP contribution in [0.2, 0.25) is 0 Å². The Hall–Kier alpha value is -0.330. The summed E-state index contributed by atoms with van der Waals surface area (Å²) >= 11 is 0. The van der Waals surface area contributed by atoms with Crippen molar-refractivity contribution in [2.24, 2.45) is 17.3 Å². The maximum Gasteiger partial charge on any atom is 0.139 e. The quantitative estimate of drug-likeness (QED) is 0.616. The highest BCUT2D eigenvalue weighted by molar-refractivity contribution is 5.86. The molecule has 0 saturated heterocycles. The largest absolute Gasteiger partial charge is 0.299 e. The lowest BCUT2D eigenvalue weighted by molar-refractivity contribution is -0.124. The van der Waals surface area contributed by atoms with Gasteiger partial charge in [-0.05, 0) is 24.7 Å². The number of carbonyl (C=O) groups is 1. The van der Waals surface area contributed by atoms with Gasteiger partial charge in [-0.3, -0.25) is 4.79 Å². The van der Waals surface area contributed by atoms with E-state index in [2.05, 4.69) is 13.8 Å². The Morgan fingerprint density at radius 3 is 2.17 bits per heavy atom. The second kappa shape index (κ2) is 2.58. The molecule has 2 aliphatic rings. The molecule has 2 aliphatic carbocycles. The minimum Gasteiger partial charge on any atom is -0.299 e. The number of hydrogen-bond acceptors (Lipinski definition) is 1. The van der Waals surface area contributed by atoms with E-state index in [0.29, 0.717) is 23.0 Å². The lowest BCUT2D eigenvalue weighted by atomic mass is 9.95. The van der Waals surface area contributed by atoms with Gasteiger partial charge in [-0.25, -0.2) is 0 Å². The minimum absolute atomic E-state index is 0.347. The van der Waals surface area contributed by atoms with Gasteiger partial charge in [0.25, 0.3) is 0 Å². The van der Waals surface area contributed by atoms with Crippen molar-refractivity contribution >= 4 is 5.78 Å². The maximum absolute atomic E-state index is 11.8. The summed E-state index contributed by atoms with van der Waals surface area (Å²) in [5.74, 6) is 1.44. The van der Waals surface area contributed by atoms with Gasteiger partial charge < -0.3 is 0 Å². The molecule has 0 aromatic carbocycles. The molecule has 2 rings (SSSR count). The van der Waals surface area contributed by atoms with Crippen LogP contribution in [0, 0.1) is 17.3 Å². The van der Waals surface area contributed by atoms with Gasteiger partial charge in [-0.2, -0.15) is 0 Å². The van der Waals surface area contributed by atoms with Gasteiger partial charge in [-0.15, -0.1) is 0 Å². The van der Waals surface area contributed by atoms with Crippen LogP contribution in [0.25, 0.3) is 0 Å². The van der Waals surface area contributed by atoms with Gasteiger partial charge in [-0.1, -0.05) is 26.7 Å². The van der Waals surface area contributed by atoms with Crippen molar-refractivity contribution in [2.75, 3.05) is 0 Å². The molecule has 0 bridgehead atoms. The molecular formula is C11H18O. The van der Waals surface area contributed by atoms with E-state index in [1.54, 1.807) is 0 Å². The highest BCUT2D eigenvalue weighted by Gasteiger charge is 2.51. The lowest BCUT2D eigenvalue weighted by Gasteiger charge is -2.08.